The number of H-pyrrole nitrogens is 1. The van der Waals surface area contributed by atoms with Crippen molar-refractivity contribution in [1.82, 2.24) is 19.6 Å². The molecule has 9 heteroatoms. The Balaban J connectivity index is 2.49. The number of aliphatic hydroxyl groups is 4. The van der Waals surface area contributed by atoms with E-state index >= 15 is 0 Å². The second-order valence-corrected chi connectivity index (χ2v) is 4.18. The van der Waals surface area contributed by atoms with Crippen molar-refractivity contribution in [3.63, 3.8) is 0 Å². The summed E-state index contributed by atoms with van der Waals surface area (Å²) in [5.41, 5.74) is 0.0952. The second kappa shape index (κ2) is 5.05. The van der Waals surface area contributed by atoms with Crippen molar-refractivity contribution in [2.45, 2.75) is 25.2 Å². The van der Waals surface area contributed by atoms with Crippen LogP contribution >= 0.6 is 0 Å². The molecular formula is C10H14N4O5. The van der Waals surface area contributed by atoms with Crippen LogP contribution in [0.3, 0.4) is 0 Å². The first kappa shape index (κ1) is 13.6. The molecule has 0 saturated heterocycles. The van der Waals surface area contributed by atoms with E-state index in [1.54, 1.807) is 6.92 Å². The molecule has 0 amide bonds. The molecule has 0 bridgehead atoms. The maximum atomic E-state index is 11.3. The quantitative estimate of drug-likeness (QED) is 0.412. The van der Waals surface area contributed by atoms with Crippen molar-refractivity contribution in [1.29, 1.82) is 0 Å². The van der Waals surface area contributed by atoms with Gasteiger partial charge in [-0.25, -0.2) is 0 Å². The molecule has 5 N–H and O–H groups in total. The van der Waals surface area contributed by atoms with Crippen molar-refractivity contribution in [3.8, 4) is 0 Å². The highest BCUT2D eigenvalue weighted by atomic mass is 16.4. The molecule has 0 fully saturated rings. The van der Waals surface area contributed by atoms with Crippen molar-refractivity contribution in [3.05, 3.63) is 27.9 Å². The average Bonchev–Trinajstić information content (AvgIpc) is 2.79. The zero-order valence-corrected chi connectivity index (χ0v) is 10.1. The summed E-state index contributed by atoms with van der Waals surface area (Å²) in [6.07, 6.45) is -4.68. The van der Waals surface area contributed by atoms with Gasteiger partial charge in [0.05, 0.1) is 6.61 Å². The molecule has 0 unspecified atom stereocenters. The highest BCUT2D eigenvalue weighted by Crippen LogP contribution is 2.18. The molecule has 0 aromatic carbocycles. The predicted octanol–water partition coefficient (Wildman–Crippen LogP) is -2.53. The Hall–Kier alpha value is -1.81. The molecule has 0 aliphatic rings. The van der Waals surface area contributed by atoms with Gasteiger partial charge >= 0.3 is 0 Å². The monoisotopic (exact) mass is 270 g/mol. The van der Waals surface area contributed by atoms with E-state index in [1.807, 2.05) is 0 Å². The molecular weight excluding hydrogens is 256 g/mol. The van der Waals surface area contributed by atoms with Gasteiger partial charge in [-0.3, -0.25) is 14.2 Å². The molecule has 3 atom stereocenters. The van der Waals surface area contributed by atoms with Crippen LogP contribution in [0.25, 0.3) is 5.78 Å². The van der Waals surface area contributed by atoms with Crippen LogP contribution in [0.15, 0.2) is 10.9 Å². The van der Waals surface area contributed by atoms with E-state index in [9.17, 15) is 20.1 Å². The minimum absolute atomic E-state index is 0.0382. The van der Waals surface area contributed by atoms with Crippen LogP contribution in [0.5, 0.6) is 0 Å². The smallest absolute Gasteiger partial charge is 0.252 e. The molecule has 19 heavy (non-hydrogen) atoms. The summed E-state index contributed by atoms with van der Waals surface area (Å²) in [5, 5.41) is 45.0. The number of hydrogen-bond acceptors (Lipinski definition) is 7. The first-order chi connectivity index (χ1) is 8.95. The largest absolute Gasteiger partial charge is 0.394 e. The lowest BCUT2D eigenvalue weighted by Gasteiger charge is -2.20. The summed E-state index contributed by atoms with van der Waals surface area (Å²) in [4.78, 5) is 13.7. The molecule has 2 aromatic heterocycles. The molecule has 0 radical (unpaired) electrons. The Morgan fingerprint density at radius 1 is 1.37 bits per heavy atom. The Kier molecular flexibility index (Phi) is 3.62. The van der Waals surface area contributed by atoms with Crippen LogP contribution in [0.4, 0.5) is 0 Å². The molecule has 2 heterocycles. The lowest BCUT2D eigenvalue weighted by Crippen LogP contribution is -2.35. The van der Waals surface area contributed by atoms with Gasteiger partial charge in [0.1, 0.15) is 18.3 Å². The van der Waals surface area contributed by atoms with E-state index in [0.717, 1.165) is 0 Å². The Labute approximate surface area is 106 Å². The van der Waals surface area contributed by atoms with Crippen molar-refractivity contribution in [2.24, 2.45) is 0 Å². The Bertz CT molecular complexity index is 636. The predicted molar refractivity (Wildman–Crippen MR) is 62.4 cm³/mol. The molecule has 2 rings (SSSR count). The van der Waals surface area contributed by atoms with E-state index in [-0.39, 0.29) is 17.2 Å². The second-order valence-electron chi connectivity index (χ2n) is 4.18. The fourth-order valence-corrected chi connectivity index (χ4v) is 1.79. The van der Waals surface area contributed by atoms with E-state index in [0.29, 0.717) is 5.69 Å². The molecule has 0 spiro atoms. The van der Waals surface area contributed by atoms with Crippen LogP contribution in [0.2, 0.25) is 0 Å². The number of aryl methyl sites for hydroxylation is 1. The molecule has 0 saturated carbocycles. The highest BCUT2D eigenvalue weighted by Gasteiger charge is 2.29. The first-order valence-electron chi connectivity index (χ1n) is 5.55. The van der Waals surface area contributed by atoms with Gasteiger partial charge in [-0.05, 0) is 6.92 Å². The van der Waals surface area contributed by atoms with Gasteiger partial charge in [-0.1, -0.05) is 0 Å². The summed E-state index contributed by atoms with van der Waals surface area (Å²) < 4.78 is 1.35. The Morgan fingerprint density at radius 3 is 2.68 bits per heavy atom. The lowest BCUT2D eigenvalue weighted by atomic mass is 10.1. The molecule has 2 aromatic rings. The number of fused-ring (bicyclic) bond motifs is 1. The van der Waals surface area contributed by atoms with Gasteiger partial charge in [0.25, 0.3) is 5.56 Å². The molecule has 9 nitrogen and oxygen atoms in total. The number of aromatic nitrogens is 4. The molecule has 0 aliphatic carbocycles. The van der Waals surface area contributed by atoms with Gasteiger partial charge in [0.2, 0.25) is 5.78 Å². The summed E-state index contributed by atoms with van der Waals surface area (Å²) in [7, 11) is 0. The number of hydrogen-bond donors (Lipinski definition) is 5. The third-order valence-electron chi connectivity index (χ3n) is 2.79. The minimum atomic E-state index is -1.62. The van der Waals surface area contributed by atoms with Crippen LogP contribution in [0, 0.1) is 6.92 Å². The lowest BCUT2D eigenvalue weighted by molar-refractivity contribution is -0.0806. The van der Waals surface area contributed by atoms with Crippen molar-refractivity contribution >= 4 is 5.78 Å². The third kappa shape index (κ3) is 2.36. The topological polar surface area (TPSA) is 144 Å². The van der Waals surface area contributed by atoms with Gasteiger partial charge < -0.3 is 20.4 Å². The zero-order chi connectivity index (χ0) is 14.2. The Morgan fingerprint density at radius 2 is 2.05 bits per heavy atom. The number of aliphatic hydroxyl groups excluding tert-OH is 4. The fraction of sp³-hybridized carbons (Fsp3) is 0.500. The fourth-order valence-electron chi connectivity index (χ4n) is 1.79. The maximum absolute atomic E-state index is 11.3. The first-order valence-corrected chi connectivity index (χ1v) is 5.55. The standard InChI is InChI=1S/C10H14N4O5/c1-4-2-6(17)11-10-13-12-9(14(4)10)8(19)7(18)5(16)3-15/h2,5,7-8,15-16,18-19H,3H2,1H3,(H,11,13,17)/t5-,7-,8-/m1/s1. The van der Waals surface area contributed by atoms with Gasteiger partial charge in [0, 0.05) is 11.8 Å². The summed E-state index contributed by atoms with van der Waals surface area (Å²) >= 11 is 0. The number of aromatic amines is 1. The molecule has 0 aliphatic heterocycles. The minimum Gasteiger partial charge on any atom is -0.394 e. The zero-order valence-electron chi connectivity index (χ0n) is 10.1. The van der Waals surface area contributed by atoms with Crippen LogP contribution in [0.1, 0.15) is 17.6 Å². The van der Waals surface area contributed by atoms with Crippen molar-refractivity contribution in [2.75, 3.05) is 6.61 Å². The van der Waals surface area contributed by atoms with Gasteiger partial charge in [-0.2, -0.15) is 0 Å². The van der Waals surface area contributed by atoms with Crippen LogP contribution in [-0.2, 0) is 0 Å². The van der Waals surface area contributed by atoms with Crippen LogP contribution < -0.4 is 5.56 Å². The normalized spacial score (nSPS) is 16.5. The van der Waals surface area contributed by atoms with E-state index in [4.69, 9.17) is 5.11 Å². The number of rotatable bonds is 4. The number of nitrogens with one attached hydrogen (secondary N) is 1. The maximum Gasteiger partial charge on any atom is 0.252 e. The van der Waals surface area contributed by atoms with Crippen molar-refractivity contribution < 1.29 is 20.4 Å². The molecule has 104 valence electrons. The SMILES string of the molecule is Cc1cc(=O)[nH]c2nnc([C@H](O)[C@H](O)[C@H](O)CO)n12. The summed E-state index contributed by atoms with van der Waals surface area (Å²) in [6, 6.07) is 1.28. The van der Waals surface area contributed by atoms with E-state index < -0.39 is 24.9 Å². The highest BCUT2D eigenvalue weighted by molar-refractivity contribution is 5.30. The van der Waals surface area contributed by atoms with Gasteiger partial charge in [-0.15, -0.1) is 10.2 Å². The summed E-state index contributed by atoms with van der Waals surface area (Å²) in [5.74, 6) is 0.0773. The summed E-state index contributed by atoms with van der Waals surface area (Å²) in [6.45, 7) is 0.904. The van der Waals surface area contributed by atoms with E-state index in [2.05, 4.69) is 15.2 Å². The van der Waals surface area contributed by atoms with E-state index in [1.165, 1.54) is 10.5 Å². The van der Waals surface area contributed by atoms with Crippen LogP contribution in [-0.4, -0.2) is 58.8 Å². The number of nitrogens with zero attached hydrogens (tertiary/aromatic N) is 3. The average molecular weight is 270 g/mol. The van der Waals surface area contributed by atoms with Gasteiger partial charge in [0.15, 0.2) is 5.82 Å². The third-order valence-corrected chi connectivity index (χ3v) is 2.79.